The Labute approximate surface area is 69.0 Å². The smallest absolute Gasteiger partial charge is 0.0521 e. The van der Waals surface area contributed by atoms with Crippen LogP contribution in [0.5, 0.6) is 0 Å². The second-order valence-corrected chi connectivity index (χ2v) is 3.14. The summed E-state index contributed by atoms with van der Waals surface area (Å²) in [6.45, 7) is 0.192. The highest BCUT2D eigenvalue weighted by Gasteiger charge is 1.90. The molecule has 9 heavy (non-hydrogen) atoms. The van der Waals surface area contributed by atoms with Crippen LogP contribution in [0.15, 0.2) is 10.6 Å². The Morgan fingerprint density at radius 2 is 2.33 bits per heavy atom. The molecule has 0 aromatic heterocycles. The Morgan fingerprint density at radius 3 is 2.78 bits per heavy atom. The molecular weight excluding hydrogens is 179 g/mol. The van der Waals surface area contributed by atoms with Gasteiger partial charge in [0.25, 0.3) is 0 Å². The number of halogens is 2. The van der Waals surface area contributed by atoms with E-state index in [2.05, 4.69) is 0 Å². The maximum Gasteiger partial charge on any atom is 0.0521 e. The zero-order chi connectivity index (χ0) is 7.11. The van der Waals surface area contributed by atoms with Crippen LogP contribution in [0.2, 0.25) is 0 Å². The molecule has 0 bridgehead atoms. The molecular formula is C5H8Cl2OS. The molecule has 0 amide bonds. The van der Waals surface area contributed by atoms with Gasteiger partial charge in [-0.15, -0.1) is 0 Å². The van der Waals surface area contributed by atoms with Crippen LogP contribution >= 0.6 is 35.0 Å². The van der Waals surface area contributed by atoms with Crippen LogP contribution in [0, 0.1) is 0 Å². The van der Waals surface area contributed by atoms with E-state index >= 15 is 0 Å². The first-order chi connectivity index (χ1) is 4.31. The number of hydrogen-bond donors (Lipinski definition) is 1. The number of rotatable bonds is 4. The second-order valence-electron chi connectivity index (χ2n) is 1.33. The highest BCUT2D eigenvalue weighted by molar-refractivity contribution is 7.99. The van der Waals surface area contributed by atoms with E-state index in [-0.39, 0.29) is 6.61 Å². The van der Waals surface area contributed by atoms with Gasteiger partial charge < -0.3 is 5.11 Å². The molecule has 0 aromatic carbocycles. The van der Waals surface area contributed by atoms with Gasteiger partial charge in [-0.2, -0.15) is 11.8 Å². The summed E-state index contributed by atoms with van der Waals surface area (Å²) in [6, 6.07) is 0. The van der Waals surface area contributed by atoms with Crippen molar-refractivity contribution < 1.29 is 5.11 Å². The summed E-state index contributed by atoms with van der Waals surface area (Å²) >= 11 is 12.3. The molecule has 4 heteroatoms. The highest BCUT2D eigenvalue weighted by Crippen LogP contribution is 2.11. The molecule has 0 fully saturated rings. The van der Waals surface area contributed by atoms with Crippen LogP contribution < -0.4 is 0 Å². The molecule has 0 heterocycles. The van der Waals surface area contributed by atoms with E-state index in [1.54, 1.807) is 11.8 Å². The van der Waals surface area contributed by atoms with Crippen molar-refractivity contribution in [2.75, 3.05) is 18.1 Å². The number of thioether (sulfide) groups is 1. The van der Waals surface area contributed by atoms with Crippen molar-refractivity contribution in [2.24, 2.45) is 0 Å². The zero-order valence-electron chi connectivity index (χ0n) is 4.81. The van der Waals surface area contributed by atoms with Crippen LogP contribution in [-0.4, -0.2) is 23.2 Å². The molecule has 1 nitrogen and oxygen atoms in total. The third-order valence-corrected chi connectivity index (χ3v) is 2.36. The molecule has 0 rings (SSSR count). The maximum absolute atomic E-state index is 8.34. The van der Waals surface area contributed by atoms with Crippen LogP contribution in [0.4, 0.5) is 0 Å². The largest absolute Gasteiger partial charge is 0.396 e. The summed E-state index contributed by atoms with van der Waals surface area (Å²) in [7, 11) is 0. The minimum Gasteiger partial charge on any atom is -0.396 e. The van der Waals surface area contributed by atoms with E-state index in [0.717, 1.165) is 0 Å². The fraction of sp³-hybridized carbons (Fsp3) is 0.600. The van der Waals surface area contributed by atoms with Crippen LogP contribution in [0.25, 0.3) is 0 Å². The third-order valence-electron chi connectivity index (χ3n) is 0.594. The van der Waals surface area contributed by atoms with Crippen molar-refractivity contribution in [1.82, 2.24) is 0 Å². The van der Waals surface area contributed by atoms with Gasteiger partial charge in [0.1, 0.15) is 0 Å². The lowest BCUT2D eigenvalue weighted by atomic mass is 10.7. The molecule has 0 unspecified atom stereocenters. The first-order valence-electron chi connectivity index (χ1n) is 2.44. The van der Waals surface area contributed by atoms with Gasteiger partial charge >= 0.3 is 0 Å². The Morgan fingerprint density at radius 1 is 1.67 bits per heavy atom. The topological polar surface area (TPSA) is 20.2 Å². The van der Waals surface area contributed by atoms with Crippen molar-refractivity contribution in [3.63, 3.8) is 0 Å². The SMILES string of the molecule is OCCSCC(Cl)=CCl. The van der Waals surface area contributed by atoms with Crippen molar-refractivity contribution >= 4 is 35.0 Å². The van der Waals surface area contributed by atoms with Gasteiger partial charge in [-0.1, -0.05) is 23.2 Å². The van der Waals surface area contributed by atoms with Crippen molar-refractivity contribution in [1.29, 1.82) is 0 Å². The lowest BCUT2D eigenvalue weighted by Crippen LogP contribution is -1.87. The molecule has 0 saturated carbocycles. The molecule has 0 radical (unpaired) electrons. The van der Waals surface area contributed by atoms with Crippen molar-refractivity contribution in [3.05, 3.63) is 10.6 Å². The van der Waals surface area contributed by atoms with Gasteiger partial charge in [-0.25, -0.2) is 0 Å². The van der Waals surface area contributed by atoms with Crippen LogP contribution in [0.1, 0.15) is 0 Å². The highest BCUT2D eigenvalue weighted by atomic mass is 35.5. The monoisotopic (exact) mass is 186 g/mol. The van der Waals surface area contributed by atoms with Gasteiger partial charge in [0.05, 0.1) is 6.61 Å². The van der Waals surface area contributed by atoms with Gasteiger partial charge in [-0.05, 0) is 0 Å². The molecule has 0 aliphatic heterocycles. The maximum atomic E-state index is 8.34. The fourth-order valence-electron chi connectivity index (χ4n) is 0.266. The Balaban J connectivity index is 3.07. The van der Waals surface area contributed by atoms with E-state index in [0.29, 0.717) is 16.5 Å². The molecule has 54 valence electrons. The van der Waals surface area contributed by atoms with E-state index in [9.17, 15) is 0 Å². The van der Waals surface area contributed by atoms with Gasteiger partial charge in [0.15, 0.2) is 0 Å². The average Bonchev–Trinajstić information content (AvgIpc) is 1.89. The minimum atomic E-state index is 0.192. The molecule has 0 spiro atoms. The average molecular weight is 187 g/mol. The third kappa shape index (κ3) is 6.52. The van der Waals surface area contributed by atoms with E-state index in [1.165, 1.54) is 5.54 Å². The predicted molar refractivity (Wildman–Crippen MR) is 44.2 cm³/mol. The van der Waals surface area contributed by atoms with Crippen LogP contribution in [0.3, 0.4) is 0 Å². The number of aliphatic hydroxyl groups excluding tert-OH is 1. The van der Waals surface area contributed by atoms with Crippen LogP contribution in [-0.2, 0) is 0 Å². The normalized spacial score (nSPS) is 12.1. The quantitative estimate of drug-likeness (QED) is 0.679. The number of hydrogen-bond acceptors (Lipinski definition) is 2. The van der Waals surface area contributed by atoms with E-state index < -0.39 is 0 Å². The van der Waals surface area contributed by atoms with E-state index in [4.69, 9.17) is 28.3 Å². The molecule has 0 aliphatic carbocycles. The Bertz CT molecular complexity index is 95.0. The summed E-state index contributed by atoms with van der Waals surface area (Å²) in [5.41, 5.74) is 1.34. The Hall–Kier alpha value is 0.630. The summed E-state index contributed by atoms with van der Waals surface area (Å²) in [4.78, 5) is 0. The Kier molecular flexibility index (Phi) is 7.22. The van der Waals surface area contributed by atoms with E-state index in [1.807, 2.05) is 0 Å². The molecule has 0 aliphatic rings. The molecule has 1 N–H and O–H groups in total. The fourth-order valence-corrected chi connectivity index (χ4v) is 1.22. The molecule has 0 atom stereocenters. The van der Waals surface area contributed by atoms with Gasteiger partial charge in [0.2, 0.25) is 0 Å². The lowest BCUT2D eigenvalue weighted by Gasteiger charge is -1.94. The predicted octanol–water partition coefficient (Wildman–Crippen LogP) is 2.03. The molecule has 0 aromatic rings. The minimum absolute atomic E-state index is 0.192. The second kappa shape index (κ2) is 6.75. The van der Waals surface area contributed by atoms with Crippen molar-refractivity contribution in [2.45, 2.75) is 0 Å². The van der Waals surface area contributed by atoms with Gasteiger partial charge in [-0.3, -0.25) is 0 Å². The zero-order valence-corrected chi connectivity index (χ0v) is 7.14. The first kappa shape index (κ1) is 9.63. The van der Waals surface area contributed by atoms with Crippen molar-refractivity contribution in [3.8, 4) is 0 Å². The lowest BCUT2D eigenvalue weighted by molar-refractivity contribution is 0.322. The summed E-state index contributed by atoms with van der Waals surface area (Å²) in [5.74, 6) is 1.40. The first-order valence-corrected chi connectivity index (χ1v) is 4.41. The van der Waals surface area contributed by atoms with Gasteiger partial charge in [0, 0.05) is 22.1 Å². The number of aliphatic hydroxyl groups is 1. The standard InChI is InChI=1S/C5H8Cl2OS/c6-3-5(7)4-9-2-1-8/h3,8H,1-2,4H2. The summed E-state index contributed by atoms with van der Waals surface area (Å²) in [6.07, 6.45) is 0. The summed E-state index contributed by atoms with van der Waals surface area (Å²) < 4.78 is 0. The summed E-state index contributed by atoms with van der Waals surface area (Å²) in [5, 5.41) is 8.96. The molecule has 0 saturated heterocycles.